The van der Waals surface area contributed by atoms with E-state index in [0.717, 1.165) is 5.56 Å². The van der Waals surface area contributed by atoms with Crippen LogP contribution in [0.3, 0.4) is 0 Å². The van der Waals surface area contributed by atoms with E-state index in [1.54, 1.807) is 12.4 Å². The number of pyridine rings is 1. The van der Waals surface area contributed by atoms with E-state index >= 15 is 0 Å². The van der Waals surface area contributed by atoms with Crippen molar-refractivity contribution in [1.29, 1.82) is 0 Å². The fraction of sp³-hybridized carbons (Fsp3) is 0. The summed E-state index contributed by atoms with van der Waals surface area (Å²) in [7, 11) is 0. The molecule has 0 unspecified atom stereocenters. The van der Waals surface area contributed by atoms with Gasteiger partial charge in [-0.1, -0.05) is 0 Å². The van der Waals surface area contributed by atoms with Gasteiger partial charge in [0.25, 0.3) is 0 Å². The molecule has 0 bridgehead atoms. The van der Waals surface area contributed by atoms with Gasteiger partial charge in [-0.3, -0.25) is 4.98 Å². The lowest BCUT2D eigenvalue weighted by molar-refractivity contribution is 0.976. The van der Waals surface area contributed by atoms with Crippen molar-refractivity contribution >= 4 is 45.2 Å². The van der Waals surface area contributed by atoms with Gasteiger partial charge in [0.05, 0.1) is 0 Å². The lowest BCUT2D eigenvalue weighted by Crippen LogP contribution is -1.98. The maximum absolute atomic E-state index is 4.24. The number of rotatable bonds is 1. The summed E-state index contributed by atoms with van der Waals surface area (Å²) in [5, 5.41) is 0. The molecule has 0 fully saturated rings. The molecule has 0 spiro atoms. The molecule has 6 heteroatoms. The summed E-state index contributed by atoms with van der Waals surface area (Å²) in [4.78, 5) is 16.5. The fourth-order valence-corrected chi connectivity index (χ4v) is 2.33. The molecule has 0 aliphatic rings. The predicted molar refractivity (Wildman–Crippen MR) is 68.5 cm³/mol. The molecule has 0 N–H and O–H groups in total. The van der Waals surface area contributed by atoms with E-state index in [0.29, 0.717) is 13.5 Å². The van der Waals surface area contributed by atoms with Gasteiger partial charge < -0.3 is 0 Å². The Morgan fingerprint density at radius 2 is 1.43 bits per heavy atom. The standard InChI is InChI=1S/C8H4I2N4/c9-7-12-6(13-8(10)14-7)5-1-3-11-4-2-5/h1-4H. The quantitative estimate of drug-likeness (QED) is 0.677. The molecular weight excluding hydrogens is 406 g/mol. The second-order valence-electron chi connectivity index (χ2n) is 2.43. The van der Waals surface area contributed by atoms with Gasteiger partial charge in [-0.05, 0) is 12.1 Å². The van der Waals surface area contributed by atoms with Crippen molar-refractivity contribution in [2.75, 3.05) is 0 Å². The molecule has 4 nitrogen and oxygen atoms in total. The van der Waals surface area contributed by atoms with Crippen molar-refractivity contribution in [2.24, 2.45) is 0 Å². The Kier molecular flexibility index (Phi) is 3.21. The third kappa shape index (κ3) is 2.35. The van der Waals surface area contributed by atoms with Gasteiger partial charge >= 0.3 is 0 Å². The molecule has 2 rings (SSSR count). The van der Waals surface area contributed by atoms with Crippen LogP contribution in [0.4, 0.5) is 0 Å². The van der Waals surface area contributed by atoms with Crippen molar-refractivity contribution in [2.45, 2.75) is 0 Å². The van der Waals surface area contributed by atoms with E-state index in [-0.39, 0.29) is 0 Å². The Morgan fingerprint density at radius 3 is 2.00 bits per heavy atom. The minimum absolute atomic E-state index is 0.691. The highest BCUT2D eigenvalue weighted by Crippen LogP contribution is 2.14. The molecule has 2 aromatic rings. The first-order valence-electron chi connectivity index (χ1n) is 3.73. The lowest BCUT2D eigenvalue weighted by Gasteiger charge is -1.99. The van der Waals surface area contributed by atoms with Crippen LogP contribution in [0.15, 0.2) is 24.5 Å². The van der Waals surface area contributed by atoms with Crippen LogP contribution >= 0.6 is 45.2 Å². The molecule has 14 heavy (non-hydrogen) atoms. The predicted octanol–water partition coefficient (Wildman–Crippen LogP) is 2.14. The first kappa shape index (κ1) is 10.1. The molecule has 2 aromatic heterocycles. The Morgan fingerprint density at radius 1 is 0.857 bits per heavy atom. The van der Waals surface area contributed by atoms with Crippen LogP contribution in [0.5, 0.6) is 0 Å². The van der Waals surface area contributed by atoms with E-state index in [1.807, 2.05) is 12.1 Å². The largest absolute Gasteiger partial charge is 0.265 e. The van der Waals surface area contributed by atoms with Crippen molar-refractivity contribution in [3.63, 3.8) is 0 Å². The molecule has 2 heterocycles. The number of aromatic nitrogens is 4. The second-order valence-corrected chi connectivity index (χ2v) is 4.36. The topological polar surface area (TPSA) is 51.6 Å². The van der Waals surface area contributed by atoms with Gasteiger partial charge in [-0.25, -0.2) is 9.97 Å². The highest BCUT2D eigenvalue weighted by Gasteiger charge is 2.04. The molecule has 0 aliphatic heterocycles. The van der Waals surface area contributed by atoms with E-state index in [9.17, 15) is 0 Å². The summed E-state index contributed by atoms with van der Waals surface area (Å²) in [5.41, 5.74) is 0.957. The summed E-state index contributed by atoms with van der Waals surface area (Å²) < 4.78 is 1.41. The van der Waals surface area contributed by atoms with E-state index in [4.69, 9.17) is 0 Å². The SMILES string of the molecule is Ic1nc(I)nc(-c2ccncc2)n1. The van der Waals surface area contributed by atoms with Crippen LogP contribution in [0.25, 0.3) is 11.4 Å². The van der Waals surface area contributed by atoms with Crippen LogP contribution in [-0.4, -0.2) is 19.9 Å². The Bertz CT molecular complexity index is 426. The summed E-state index contributed by atoms with van der Waals surface area (Å²) in [6.07, 6.45) is 3.44. The Balaban J connectivity index is 2.52. The third-order valence-corrected chi connectivity index (χ3v) is 2.48. The number of nitrogens with zero attached hydrogens (tertiary/aromatic N) is 4. The van der Waals surface area contributed by atoms with Gasteiger partial charge in [0.1, 0.15) is 0 Å². The number of hydrogen-bond donors (Lipinski definition) is 0. The number of halogens is 2. The van der Waals surface area contributed by atoms with Crippen molar-refractivity contribution in [3.8, 4) is 11.4 Å². The molecule has 0 aromatic carbocycles. The molecule has 0 saturated carbocycles. The summed E-state index contributed by atoms with van der Waals surface area (Å²) in [5.74, 6) is 0.691. The second kappa shape index (κ2) is 4.43. The molecule has 0 atom stereocenters. The minimum atomic E-state index is 0.691. The first-order chi connectivity index (χ1) is 6.75. The summed E-state index contributed by atoms with van der Waals surface area (Å²) in [6.45, 7) is 0. The maximum atomic E-state index is 4.24. The smallest absolute Gasteiger partial charge is 0.195 e. The third-order valence-electron chi connectivity index (χ3n) is 1.52. The van der Waals surface area contributed by atoms with Gasteiger partial charge in [-0.2, -0.15) is 4.98 Å². The van der Waals surface area contributed by atoms with Crippen molar-refractivity contribution < 1.29 is 0 Å². The summed E-state index contributed by atoms with van der Waals surface area (Å²) in [6, 6.07) is 3.75. The van der Waals surface area contributed by atoms with Crippen LogP contribution in [-0.2, 0) is 0 Å². The molecular formula is C8H4I2N4. The van der Waals surface area contributed by atoms with Crippen molar-refractivity contribution in [1.82, 2.24) is 19.9 Å². The molecule has 70 valence electrons. The highest BCUT2D eigenvalue weighted by atomic mass is 127. The minimum Gasteiger partial charge on any atom is -0.265 e. The van der Waals surface area contributed by atoms with Crippen LogP contribution in [0.1, 0.15) is 0 Å². The van der Waals surface area contributed by atoms with Gasteiger partial charge in [0.15, 0.2) is 13.5 Å². The van der Waals surface area contributed by atoms with E-state index in [2.05, 4.69) is 65.1 Å². The monoisotopic (exact) mass is 410 g/mol. The van der Waals surface area contributed by atoms with Crippen LogP contribution < -0.4 is 0 Å². The first-order valence-corrected chi connectivity index (χ1v) is 5.89. The summed E-state index contributed by atoms with van der Waals surface area (Å²) >= 11 is 4.15. The maximum Gasteiger partial charge on any atom is 0.195 e. The van der Waals surface area contributed by atoms with Gasteiger partial charge in [0, 0.05) is 63.1 Å². The number of hydrogen-bond acceptors (Lipinski definition) is 4. The van der Waals surface area contributed by atoms with Gasteiger partial charge in [-0.15, -0.1) is 0 Å². The van der Waals surface area contributed by atoms with Crippen molar-refractivity contribution in [3.05, 3.63) is 32.2 Å². The average Bonchev–Trinajstić information content (AvgIpc) is 2.18. The van der Waals surface area contributed by atoms with Gasteiger partial charge in [0.2, 0.25) is 0 Å². The zero-order valence-electron chi connectivity index (χ0n) is 6.85. The zero-order chi connectivity index (χ0) is 9.97. The van der Waals surface area contributed by atoms with Crippen LogP contribution in [0, 0.1) is 7.66 Å². The normalized spacial score (nSPS) is 10.1. The molecule has 0 amide bonds. The van der Waals surface area contributed by atoms with E-state index < -0.39 is 0 Å². The Hall–Kier alpha value is -0.380. The molecule has 0 saturated heterocycles. The van der Waals surface area contributed by atoms with E-state index in [1.165, 1.54) is 0 Å². The lowest BCUT2D eigenvalue weighted by atomic mass is 10.2. The fourth-order valence-electron chi connectivity index (χ4n) is 0.956. The Labute approximate surface area is 108 Å². The van der Waals surface area contributed by atoms with Crippen LogP contribution in [0.2, 0.25) is 0 Å². The molecule has 0 aliphatic carbocycles. The zero-order valence-corrected chi connectivity index (χ0v) is 11.2. The average molecular weight is 410 g/mol. The highest BCUT2D eigenvalue weighted by molar-refractivity contribution is 14.1. The molecule has 0 radical (unpaired) electrons.